The Morgan fingerprint density at radius 1 is 1.36 bits per heavy atom. The van der Waals surface area contributed by atoms with E-state index in [4.69, 9.17) is 5.73 Å². The number of fused-ring (bicyclic) bond motifs is 1. The van der Waals surface area contributed by atoms with E-state index in [0.29, 0.717) is 6.04 Å². The van der Waals surface area contributed by atoms with Crippen LogP contribution in [0.1, 0.15) is 25.7 Å². The van der Waals surface area contributed by atoms with Crippen LogP contribution in [0.4, 0.5) is 5.69 Å². The molecule has 0 aliphatic carbocycles. The molecule has 1 aromatic heterocycles. The molecule has 0 saturated heterocycles. The molecular formula is C11H15N3. The molecule has 3 nitrogen and oxygen atoms in total. The highest BCUT2D eigenvalue weighted by molar-refractivity contribution is 5.79. The van der Waals surface area contributed by atoms with Crippen LogP contribution >= 0.6 is 0 Å². The van der Waals surface area contributed by atoms with E-state index in [2.05, 4.69) is 23.4 Å². The van der Waals surface area contributed by atoms with Crippen molar-refractivity contribution in [2.75, 3.05) is 5.73 Å². The van der Waals surface area contributed by atoms with Crippen molar-refractivity contribution in [3.05, 3.63) is 24.0 Å². The summed E-state index contributed by atoms with van der Waals surface area (Å²) in [4.78, 5) is 4.48. The van der Waals surface area contributed by atoms with Gasteiger partial charge in [-0.05, 0) is 39.0 Å². The van der Waals surface area contributed by atoms with Crippen molar-refractivity contribution in [2.24, 2.45) is 0 Å². The van der Waals surface area contributed by atoms with E-state index in [9.17, 15) is 0 Å². The largest absolute Gasteiger partial charge is 0.399 e. The SMILES string of the molecule is Cc1nc2cc(N)ccc2n1C(C)C. The first-order valence-electron chi connectivity index (χ1n) is 4.83. The molecule has 2 N–H and O–H groups in total. The third-order valence-corrected chi connectivity index (χ3v) is 2.41. The maximum atomic E-state index is 5.71. The number of nitrogens with zero attached hydrogens (tertiary/aromatic N) is 2. The number of aromatic nitrogens is 2. The predicted octanol–water partition coefficient (Wildman–Crippen LogP) is 2.51. The van der Waals surface area contributed by atoms with Gasteiger partial charge in [0, 0.05) is 11.7 Å². The Hall–Kier alpha value is -1.51. The Labute approximate surface area is 83.6 Å². The number of imidazole rings is 1. The minimum atomic E-state index is 0.434. The van der Waals surface area contributed by atoms with Gasteiger partial charge in [0.15, 0.2) is 0 Å². The van der Waals surface area contributed by atoms with E-state index in [0.717, 1.165) is 22.5 Å². The van der Waals surface area contributed by atoms with E-state index in [1.807, 2.05) is 25.1 Å². The standard InChI is InChI=1S/C11H15N3/c1-7(2)14-8(3)13-10-6-9(12)4-5-11(10)14/h4-7H,12H2,1-3H3. The summed E-state index contributed by atoms with van der Waals surface area (Å²) in [6.45, 7) is 6.34. The lowest BCUT2D eigenvalue weighted by Crippen LogP contribution is -2.02. The van der Waals surface area contributed by atoms with Gasteiger partial charge in [0.05, 0.1) is 11.0 Å². The van der Waals surface area contributed by atoms with Crippen LogP contribution in [0.25, 0.3) is 11.0 Å². The Morgan fingerprint density at radius 3 is 2.71 bits per heavy atom. The van der Waals surface area contributed by atoms with Gasteiger partial charge in [-0.15, -0.1) is 0 Å². The van der Waals surface area contributed by atoms with E-state index in [1.165, 1.54) is 0 Å². The number of rotatable bonds is 1. The number of anilines is 1. The van der Waals surface area contributed by atoms with Crippen LogP contribution < -0.4 is 5.73 Å². The lowest BCUT2D eigenvalue weighted by Gasteiger charge is -2.10. The minimum Gasteiger partial charge on any atom is -0.399 e. The normalized spacial score (nSPS) is 11.4. The second-order valence-corrected chi connectivity index (χ2v) is 3.87. The maximum absolute atomic E-state index is 5.71. The summed E-state index contributed by atoms with van der Waals surface area (Å²) in [5.74, 6) is 1.04. The van der Waals surface area contributed by atoms with Crippen molar-refractivity contribution in [2.45, 2.75) is 26.8 Å². The summed E-state index contributed by atoms with van der Waals surface area (Å²) in [7, 11) is 0. The van der Waals surface area contributed by atoms with Gasteiger partial charge in [0.1, 0.15) is 5.82 Å². The topological polar surface area (TPSA) is 43.8 Å². The second kappa shape index (κ2) is 3.01. The van der Waals surface area contributed by atoms with Crippen molar-refractivity contribution in [1.82, 2.24) is 9.55 Å². The van der Waals surface area contributed by atoms with Crippen molar-refractivity contribution < 1.29 is 0 Å². The molecule has 0 radical (unpaired) electrons. The van der Waals surface area contributed by atoms with Crippen LogP contribution in [0.5, 0.6) is 0 Å². The lowest BCUT2D eigenvalue weighted by atomic mass is 10.2. The smallest absolute Gasteiger partial charge is 0.106 e. The van der Waals surface area contributed by atoms with Crippen LogP contribution in [0.3, 0.4) is 0 Å². The molecule has 2 aromatic rings. The van der Waals surface area contributed by atoms with Crippen molar-refractivity contribution in [1.29, 1.82) is 0 Å². The van der Waals surface area contributed by atoms with Gasteiger partial charge in [-0.3, -0.25) is 0 Å². The zero-order valence-corrected chi connectivity index (χ0v) is 8.78. The number of hydrogen-bond acceptors (Lipinski definition) is 2. The van der Waals surface area contributed by atoms with E-state index in [-0.39, 0.29) is 0 Å². The van der Waals surface area contributed by atoms with Gasteiger partial charge in [-0.2, -0.15) is 0 Å². The monoisotopic (exact) mass is 189 g/mol. The highest BCUT2D eigenvalue weighted by atomic mass is 15.1. The fourth-order valence-electron chi connectivity index (χ4n) is 1.89. The Kier molecular flexibility index (Phi) is 1.95. The molecule has 0 bridgehead atoms. The number of benzene rings is 1. The molecule has 0 spiro atoms. The van der Waals surface area contributed by atoms with Gasteiger partial charge in [0.25, 0.3) is 0 Å². The van der Waals surface area contributed by atoms with Crippen LogP contribution in [-0.4, -0.2) is 9.55 Å². The highest BCUT2D eigenvalue weighted by Gasteiger charge is 2.09. The average Bonchev–Trinajstić information content (AvgIpc) is 2.39. The third kappa shape index (κ3) is 1.25. The van der Waals surface area contributed by atoms with Gasteiger partial charge >= 0.3 is 0 Å². The number of nitrogen functional groups attached to an aromatic ring is 1. The molecule has 0 atom stereocenters. The van der Waals surface area contributed by atoms with E-state index < -0.39 is 0 Å². The second-order valence-electron chi connectivity index (χ2n) is 3.87. The zero-order chi connectivity index (χ0) is 10.3. The maximum Gasteiger partial charge on any atom is 0.106 e. The van der Waals surface area contributed by atoms with E-state index in [1.54, 1.807) is 0 Å². The number of nitrogens with two attached hydrogens (primary N) is 1. The Bertz CT molecular complexity index is 469. The first kappa shape index (κ1) is 9.06. The quantitative estimate of drug-likeness (QED) is 0.700. The molecule has 0 unspecified atom stereocenters. The molecule has 2 rings (SSSR count). The number of hydrogen-bond donors (Lipinski definition) is 1. The third-order valence-electron chi connectivity index (χ3n) is 2.41. The van der Waals surface area contributed by atoms with Gasteiger partial charge < -0.3 is 10.3 Å². The van der Waals surface area contributed by atoms with Crippen molar-refractivity contribution in [3.63, 3.8) is 0 Å². The molecular weight excluding hydrogens is 174 g/mol. The van der Waals surface area contributed by atoms with Crippen LogP contribution in [0.2, 0.25) is 0 Å². The Morgan fingerprint density at radius 2 is 2.07 bits per heavy atom. The summed E-state index contributed by atoms with van der Waals surface area (Å²) in [6.07, 6.45) is 0. The zero-order valence-electron chi connectivity index (χ0n) is 8.78. The molecule has 0 fully saturated rings. The number of aryl methyl sites for hydroxylation is 1. The summed E-state index contributed by atoms with van der Waals surface area (Å²) in [5, 5.41) is 0. The van der Waals surface area contributed by atoms with Gasteiger partial charge in [0.2, 0.25) is 0 Å². The fraction of sp³-hybridized carbons (Fsp3) is 0.364. The molecule has 74 valence electrons. The summed E-state index contributed by atoms with van der Waals surface area (Å²) >= 11 is 0. The van der Waals surface area contributed by atoms with Crippen molar-refractivity contribution >= 4 is 16.7 Å². The average molecular weight is 189 g/mol. The summed E-state index contributed by atoms with van der Waals surface area (Å²) < 4.78 is 2.22. The molecule has 3 heteroatoms. The summed E-state index contributed by atoms with van der Waals surface area (Å²) in [6, 6.07) is 6.30. The molecule has 0 saturated carbocycles. The lowest BCUT2D eigenvalue weighted by molar-refractivity contribution is 0.600. The Balaban J connectivity index is 2.77. The molecule has 0 aliphatic heterocycles. The van der Waals surface area contributed by atoms with Crippen LogP contribution in [0, 0.1) is 6.92 Å². The van der Waals surface area contributed by atoms with Gasteiger partial charge in [-0.25, -0.2) is 4.98 Å². The molecule has 14 heavy (non-hydrogen) atoms. The first-order chi connectivity index (χ1) is 6.59. The summed E-state index contributed by atoms with van der Waals surface area (Å²) in [5.41, 5.74) is 8.62. The van der Waals surface area contributed by atoms with Crippen LogP contribution in [0.15, 0.2) is 18.2 Å². The van der Waals surface area contributed by atoms with Gasteiger partial charge in [-0.1, -0.05) is 0 Å². The molecule has 0 aliphatic rings. The van der Waals surface area contributed by atoms with Crippen molar-refractivity contribution in [3.8, 4) is 0 Å². The molecule has 1 aromatic carbocycles. The predicted molar refractivity (Wildman–Crippen MR) is 59.3 cm³/mol. The van der Waals surface area contributed by atoms with Crippen LogP contribution in [-0.2, 0) is 0 Å². The first-order valence-corrected chi connectivity index (χ1v) is 4.83. The van der Waals surface area contributed by atoms with E-state index >= 15 is 0 Å². The molecule has 0 amide bonds. The fourth-order valence-corrected chi connectivity index (χ4v) is 1.89. The highest BCUT2D eigenvalue weighted by Crippen LogP contribution is 2.22. The minimum absolute atomic E-state index is 0.434. The molecule has 1 heterocycles.